The van der Waals surface area contributed by atoms with Crippen LogP contribution in [-0.2, 0) is 0 Å². The molecule has 14 heavy (non-hydrogen) atoms. The van der Waals surface area contributed by atoms with Gasteiger partial charge >= 0.3 is 0 Å². The van der Waals surface area contributed by atoms with E-state index in [1.165, 1.54) is 0 Å². The third kappa shape index (κ3) is 5.47. The van der Waals surface area contributed by atoms with Crippen molar-refractivity contribution in [2.24, 2.45) is 0 Å². The summed E-state index contributed by atoms with van der Waals surface area (Å²) in [5.74, 6) is 0. The van der Waals surface area contributed by atoms with E-state index in [0.29, 0.717) is 6.54 Å². The van der Waals surface area contributed by atoms with Crippen molar-refractivity contribution in [2.75, 3.05) is 45.8 Å². The van der Waals surface area contributed by atoms with Gasteiger partial charge in [0.25, 0.3) is 6.43 Å². The van der Waals surface area contributed by atoms with Crippen LogP contribution >= 0.6 is 0 Å². The van der Waals surface area contributed by atoms with Crippen molar-refractivity contribution in [1.29, 1.82) is 0 Å². The van der Waals surface area contributed by atoms with Crippen LogP contribution in [0.15, 0.2) is 0 Å². The van der Waals surface area contributed by atoms with Crippen LogP contribution in [0.1, 0.15) is 6.42 Å². The third-order valence-corrected chi connectivity index (χ3v) is 2.34. The fraction of sp³-hybridized carbons (Fsp3) is 1.00. The van der Waals surface area contributed by atoms with Crippen LogP contribution in [0.3, 0.4) is 0 Å². The molecule has 0 amide bonds. The van der Waals surface area contributed by atoms with Crippen LogP contribution in [0.2, 0.25) is 0 Å². The van der Waals surface area contributed by atoms with E-state index < -0.39 is 6.43 Å². The van der Waals surface area contributed by atoms with Crippen LogP contribution < -0.4 is 10.6 Å². The quantitative estimate of drug-likeness (QED) is 0.628. The summed E-state index contributed by atoms with van der Waals surface area (Å²) in [6, 6.07) is 0. The second-order valence-electron chi connectivity index (χ2n) is 3.54. The molecule has 0 aliphatic carbocycles. The van der Waals surface area contributed by atoms with Gasteiger partial charge in [-0.1, -0.05) is 0 Å². The van der Waals surface area contributed by atoms with E-state index in [0.717, 1.165) is 39.1 Å². The summed E-state index contributed by atoms with van der Waals surface area (Å²) in [4.78, 5) is 2.30. The molecule has 1 saturated heterocycles. The van der Waals surface area contributed by atoms with E-state index in [1.54, 1.807) is 0 Å². The van der Waals surface area contributed by atoms with Gasteiger partial charge in [0, 0.05) is 26.2 Å². The highest BCUT2D eigenvalue weighted by Gasteiger charge is 2.07. The lowest BCUT2D eigenvalue weighted by atomic mass is 10.4. The maximum atomic E-state index is 11.8. The Morgan fingerprint density at radius 1 is 1.29 bits per heavy atom. The van der Waals surface area contributed by atoms with Gasteiger partial charge in [-0.25, -0.2) is 8.78 Å². The first-order valence-electron chi connectivity index (χ1n) is 5.21. The summed E-state index contributed by atoms with van der Waals surface area (Å²) in [6.07, 6.45) is -1.09. The third-order valence-electron chi connectivity index (χ3n) is 2.34. The average Bonchev–Trinajstić information content (AvgIpc) is 2.40. The maximum absolute atomic E-state index is 11.8. The Labute approximate surface area is 83.8 Å². The van der Waals surface area contributed by atoms with Gasteiger partial charge in [-0.05, 0) is 19.5 Å². The zero-order valence-electron chi connectivity index (χ0n) is 8.44. The molecular weight excluding hydrogens is 188 g/mol. The van der Waals surface area contributed by atoms with Gasteiger partial charge in [-0.3, -0.25) is 0 Å². The molecule has 1 aliphatic heterocycles. The Kier molecular flexibility index (Phi) is 5.98. The van der Waals surface area contributed by atoms with Gasteiger partial charge in [0.1, 0.15) is 0 Å². The van der Waals surface area contributed by atoms with Gasteiger partial charge in [-0.15, -0.1) is 0 Å². The van der Waals surface area contributed by atoms with E-state index >= 15 is 0 Å². The highest BCUT2D eigenvalue weighted by atomic mass is 19.3. The summed E-state index contributed by atoms with van der Waals surface area (Å²) >= 11 is 0. The molecule has 1 rings (SSSR count). The first kappa shape index (κ1) is 11.8. The van der Waals surface area contributed by atoms with E-state index in [1.807, 2.05) is 0 Å². The van der Waals surface area contributed by atoms with Crippen molar-refractivity contribution in [3.05, 3.63) is 0 Å². The van der Waals surface area contributed by atoms with Gasteiger partial charge < -0.3 is 15.5 Å². The second-order valence-corrected chi connectivity index (χ2v) is 3.54. The van der Waals surface area contributed by atoms with Crippen molar-refractivity contribution in [2.45, 2.75) is 12.8 Å². The summed E-state index contributed by atoms with van der Waals surface area (Å²) in [7, 11) is 0. The molecule has 0 aromatic carbocycles. The summed E-state index contributed by atoms with van der Waals surface area (Å²) in [5.41, 5.74) is 0. The number of halogens is 2. The number of rotatable bonds is 5. The van der Waals surface area contributed by atoms with Crippen molar-refractivity contribution in [3.8, 4) is 0 Å². The highest BCUT2D eigenvalue weighted by molar-refractivity contribution is 4.66. The van der Waals surface area contributed by atoms with Gasteiger partial charge in [0.15, 0.2) is 0 Å². The first-order valence-corrected chi connectivity index (χ1v) is 5.21. The molecule has 0 radical (unpaired) electrons. The smallest absolute Gasteiger partial charge is 0.250 e. The molecule has 5 heteroatoms. The molecule has 1 aliphatic rings. The van der Waals surface area contributed by atoms with Crippen LogP contribution in [-0.4, -0.2) is 57.1 Å². The Hall–Kier alpha value is -0.260. The van der Waals surface area contributed by atoms with Crippen LogP contribution in [0.25, 0.3) is 0 Å². The normalized spacial score (nSPS) is 19.9. The first-order chi connectivity index (χ1) is 6.79. The number of hydrogen-bond donors (Lipinski definition) is 2. The molecule has 0 bridgehead atoms. The molecule has 2 N–H and O–H groups in total. The fourth-order valence-electron chi connectivity index (χ4n) is 1.57. The number of nitrogens with zero attached hydrogens (tertiary/aromatic N) is 1. The Bertz CT molecular complexity index is 136. The lowest BCUT2D eigenvalue weighted by molar-refractivity contribution is 0.144. The highest BCUT2D eigenvalue weighted by Crippen LogP contribution is 1.94. The summed E-state index contributed by atoms with van der Waals surface area (Å²) in [6.45, 7) is 5.51. The molecular formula is C9H19F2N3. The largest absolute Gasteiger partial charge is 0.315 e. The van der Waals surface area contributed by atoms with E-state index in [2.05, 4.69) is 15.5 Å². The molecule has 3 nitrogen and oxygen atoms in total. The van der Waals surface area contributed by atoms with Crippen molar-refractivity contribution >= 4 is 0 Å². The van der Waals surface area contributed by atoms with E-state index in [-0.39, 0.29) is 6.54 Å². The number of hydrogen-bond acceptors (Lipinski definition) is 3. The van der Waals surface area contributed by atoms with Gasteiger partial charge in [0.2, 0.25) is 0 Å². The van der Waals surface area contributed by atoms with Crippen molar-refractivity contribution < 1.29 is 8.78 Å². The molecule has 0 spiro atoms. The van der Waals surface area contributed by atoms with E-state index in [9.17, 15) is 8.78 Å². The molecule has 0 saturated carbocycles. The predicted octanol–water partition coefficient (Wildman–Crippen LogP) is 0.136. The SMILES string of the molecule is FC(F)CNCCN1CCCNCC1. The molecule has 0 aromatic rings. The van der Waals surface area contributed by atoms with Crippen LogP contribution in [0, 0.1) is 0 Å². The molecule has 0 unspecified atom stereocenters. The molecule has 84 valence electrons. The van der Waals surface area contributed by atoms with Crippen LogP contribution in [0.5, 0.6) is 0 Å². The number of alkyl halides is 2. The summed E-state index contributed by atoms with van der Waals surface area (Å²) in [5, 5.41) is 6.04. The molecule has 0 atom stereocenters. The van der Waals surface area contributed by atoms with Gasteiger partial charge in [0.05, 0.1) is 6.54 Å². The average molecular weight is 207 g/mol. The zero-order chi connectivity index (χ0) is 10.2. The Balaban J connectivity index is 1.99. The summed E-state index contributed by atoms with van der Waals surface area (Å²) < 4.78 is 23.6. The van der Waals surface area contributed by atoms with Crippen molar-refractivity contribution in [1.82, 2.24) is 15.5 Å². The standard InChI is InChI=1S/C9H19F2N3/c10-9(11)8-13-4-7-14-5-1-2-12-3-6-14/h9,12-13H,1-8H2. The minimum atomic E-state index is -2.24. The predicted molar refractivity (Wildman–Crippen MR) is 52.8 cm³/mol. The monoisotopic (exact) mass is 207 g/mol. The topological polar surface area (TPSA) is 27.3 Å². The molecule has 0 aromatic heterocycles. The number of nitrogens with one attached hydrogen (secondary N) is 2. The van der Waals surface area contributed by atoms with Gasteiger partial charge in [-0.2, -0.15) is 0 Å². The molecule has 1 fully saturated rings. The fourth-order valence-corrected chi connectivity index (χ4v) is 1.57. The minimum absolute atomic E-state index is 0.188. The lowest BCUT2D eigenvalue weighted by Crippen LogP contribution is -2.35. The van der Waals surface area contributed by atoms with Crippen molar-refractivity contribution in [3.63, 3.8) is 0 Å². The minimum Gasteiger partial charge on any atom is -0.315 e. The maximum Gasteiger partial charge on any atom is 0.250 e. The lowest BCUT2D eigenvalue weighted by Gasteiger charge is -2.19. The second kappa shape index (κ2) is 7.09. The van der Waals surface area contributed by atoms with Crippen LogP contribution in [0.4, 0.5) is 8.78 Å². The Morgan fingerprint density at radius 3 is 2.93 bits per heavy atom. The van der Waals surface area contributed by atoms with E-state index in [4.69, 9.17) is 0 Å². The molecule has 1 heterocycles. The zero-order valence-corrected chi connectivity index (χ0v) is 8.44. The Morgan fingerprint density at radius 2 is 2.14 bits per heavy atom.